The summed E-state index contributed by atoms with van der Waals surface area (Å²) in [4.78, 5) is 4.59. The van der Waals surface area contributed by atoms with Crippen molar-refractivity contribution in [3.05, 3.63) is 11.8 Å². The summed E-state index contributed by atoms with van der Waals surface area (Å²) in [5.41, 5.74) is 2.54. The third kappa shape index (κ3) is 9.52. The molecule has 0 radical (unpaired) electrons. The van der Waals surface area contributed by atoms with E-state index in [1.165, 1.54) is 63.1 Å². The highest BCUT2D eigenvalue weighted by Gasteiger charge is 2.23. The highest BCUT2D eigenvalue weighted by Crippen LogP contribution is 2.23. The van der Waals surface area contributed by atoms with Crippen LogP contribution in [0.4, 0.5) is 0 Å². The number of unbranched alkanes of at least 4 members (excludes halogenated alkanes) is 5. The minimum absolute atomic E-state index is 1.04. The van der Waals surface area contributed by atoms with Crippen molar-refractivity contribution in [3.63, 3.8) is 0 Å². The third-order valence-corrected chi connectivity index (χ3v) is 9.61. The summed E-state index contributed by atoms with van der Waals surface area (Å²) in [6, 6.07) is 4.13. The fourth-order valence-electron chi connectivity index (χ4n) is 2.79. The lowest BCUT2D eigenvalue weighted by Gasteiger charge is -2.24. The van der Waals surface area contributed by atoms with Crippen LogP contribution in [-0.2, 0) is 0 Å². The molecule has 0 atom stereocenters. The van der Waals surface area contributed by atoms with Crippen LogP contribution in [0.15, 0.2) is 16.8 Å². The van der Waals surface area contributed by atoms with E-state index >= 15 is 0 Å². The standard InChI is InChI=1S/C18H37NSi/c1-5-9-10-11-12-13-15-19-16-14-18-20(7-3,8-4)17-6-2/h6,16-17H,5,7-15,18H2,1-4H3. The van der Waals surface area contributed by atoms with E-state index < -0.39 is 8.07 Å². The molecule has 0 N–H and O–H groups in total. The van der Waals surface area contributed by atoms with Crippen molar-refractivity contribution in [3.8, 4) is 0 Å². The molecule has 0 aliphatic carbocycles. The van der Waals surface area contributed by atoms with E-state index in [0.29, 0.717) is 0 Å². The summed E-state index contributed by atoms with van der Waals surface area (Å²) >= 11 is 0. The van der Waals surface area contributed by atoms with Crippen LogP contribution in [-0.4, -0.2) is 20.8 Å². The summed E-state index contributed by atoms with van der Waals surface area (Å²) in [5.74, 6) is 0. The molecule has 0 fully saturated rings. The highest BCUT2D eigenvalue weighted by molar-refractivity contribution is 6.84. The number of allylic oxidation sites excluding steroid dienone is 1. The number of rotatable bonds is 13. The molecule has 0 aromatic rings. The SMILES string of the molecule is CC=C[Si](CC)(CC)CCC=NCCCCCCCC. The zero-order chi connectivity index (χ0) is 15.1. The van der Waals surface area contributed by atoms with Crippen molar-refractivity contribution in [2.45, 2.75) is 90.8 Å². The lowest BCUT2D eigenvalue weighted by molar-refractivity contribution is 0.612. The van der Waals surface area contributed by atoms with Crippen molar-refractivity contribution in [1.82, 2.24) is 0 Å². The van der Waals surface area contributed by atoms with Crippen LogP contribution >= 0.6 is 0 Å². The molecule has 0 aromatic carbocycles. The van der Waals surface area contributed by atoms with Gasteiger partial charge in [0, 0.05) is 6.54 Å². The van der Waals surface area contributed by atoms with Gasteiger partial charge in [-0.3, -0.25) is 4.99 Å². The van der Waals surface area contributed by atoms with Crippen LogP contribution in [0.3, 0.4) is 0 Å². The molecule has 0 aliphatic heterocycles. The highest BCUT2D eigenvalue weighted by atomic mass is 28.3. The smallest absolute Gasteiger partial charge is 0.0772 e. The molecule has 0 spiro atoms. The first-order valence-electron chi connectivity index (χ1n) is 8.86. The lowest BCUT2D eigenvalue weighted by Crippen LogP contribution is -2.29. The van der Waals surface area contributed by atoms with Gasteiger partial charge in [-0.05, 0) is 32.0 Å². The molecule has 0 amide bonds. The zero-order valence-electron chi connectivity index (χ0n) is 14.5. The Bertz CT molecular complexity index is 254. The maximum absolute atomic E-state index is 4.59. The fourth-order valence-corrected chi connectivity index (χ4v) is 6.05. The average molecular weight is 296 g/mol. The molecule has 118 valence electrons. The van der Waals surface area contributed by atoms with Gasteiger partial charge in [0.1, 0.15) is 0 Å². The molecule has 20 heavy (non-hydrogen) atoms. The van der Waals surface area contributed by atoms with E-state index in [-0.39, 0.29) is 0 Å². The minimum Gasteiger partial charge on any atom is -0.298 e. The average Bonchev–Trinajstić information content (AvgIpc) is 2.48. The number of hydrogen-bond donors (Lipinski definition) is 0. The second-order valence-electron chi connectivity index (χ2n) is 5.96. The topological polar surface area (TPSA) is 12.4 Å². The predicted molar refractivity (Wildman–Crippen MR) is 97.7 cm³/mol. The van der Waals surface area contributed by atoms with E-state index in [1.54, 1.807) is 0 Å². The van der Waals surface area contributed by atoms with Gasteiger partial charge in [-0.1, -0.05) is 76.7 Å². The van der Waals surface area contributed by atoms with Gasteiger partial charge < -0.3 is 0 Å². The Labute approximate surface area is 129 Å². The molecule has 0 unspecified atom stereocenters. The molecule has 0 heterocycles. The van der Waals surface area contributed by atoms with E-state index in [4.69, 9.17) is 0 Å². The first-order chi connectivity index (χ1) is 9.74. The van der Waals surface area contributed by atoms with Gasteiger partial charge >= 0.3 is 0 Å². The first kappa shape index (κ1) is 19.6. The molecule has 0 rings (SSSR count). The second-order valence-corrected chi connectivity index (χ2v) is 10.9. The molecule has 0 saturated carbocycles. The van der Waals surface area contributed by atoms with E-state index in [0.717, 1.165) is 6.54 Å². The van der Waals surface area contributed by atoms with Crippen LogP contribution in [0, 0.1) is 0 Å². The van der Waals surface area contributed by atoms with Crippen LogP contribution in [0.2, 0.25) is 18.1 Å². The Morgan fingerprint density at radius 2 is 1.55 bits per heavy atom. The Morgan fingerprint density at radius 1 is 0.900 bits per heavy atom. The van der Waals surface area contributed by atoms with Crippen molar-refractivity contribution in [1.29, 1.82) is 0 Å². The van der Waals surface area contributed by atoms with Crippen LogP contribution in [0.5, 0.6) is 0 Å². The molecular weight excluding hydrogens is 258 g/mol. The first-order valence-corrected chi connectivity index (χ1v) is 11.6. The zero-order valence-corrected chi connectivity index (χ0v) is 15.5. The van der Waals surface area contributed by atoms with Crippen molar-refractivity contribution in [2.24, 2.45) is 4.99 Å². The lowest BCUT2D eigenvalue weighted by atomic mass is 10.1. The van der Waals surface area contributed by atoms with Crippen LogP contribution < -0.4 is 0 Å². The van der Waals surface area contributed by atoms with Crippen molar-refractivity contribution >= 4 is 14.3 Å². The van der Waals surface area contributed by atoms with Crippen LogP contribution in [0.25, 0.3) is 0 Å². The molecule has 0 aliphatic rings. The maximum Gasteiger partial charge on any atom is 0.0772 e. The fraction of sp³-hybridized carbons (Fsp3) is 0.833. The second kappa shape index (κ2) is 13.6. The molecule has 2 heteroatoms. The van der Waals surface area contributed by atoms with E-state index in [9.17, 15) is 0 Å². The van der Waals surface area contributed by atoms with E-state index in [1.807, 2.05) is 0 Å². The van der Waals surface area contributed by atoms with Crippen LogP contribution in [0.1, 0.15) is 72.6 Å². The summed E-state index contributed by atoms with van der Waals surface area (Å²) in [7, 11) is -1.11. The number of hydrogen-bond acceptors (Lipinski definition) is 1. The molecule has 0 bridgehead atoms. The van der Waals surface area contributed by atoms with E-state index in [2.05, 4.69) is 50.7 Å². The van der Waals surface area contributed by atoms with Gasteiger partial charge in [-0.15, -0.1) is 0 Å². The molecule has 0 saturated heterocycles. The molecular formula is C18H37NSi. The summed E-state index contributed by atoms with van der Waals surface area (Å²) in [5, 5.41) is 0. The Morgan fingerprint density at radius 3 is 2.15 bits per heavy atom. The quantitative estimate of drug-likeness (QED) is 0.211. The largest absolute Gasteiger partial charge is 0.298 e. The Hall–Kier alpha value is -0.373. The number of nitrogens with zero attached hydrogens (tertiary/aromatic N) is 1. The van der Waals surface area contributed by atoms with Gasteiger partial charge in [0.2, 0.25) is 0 Å². The van der Waals surface area contributed by atoms with Crippen molar-refractivity contribution in [2.75, 3.05) is 6.54 Å². The number of aliphatic imine (C=N–C) groups is 1. The summed E-state index contributed by atoms with van der Waals surface area (Å²) in [6.07, 6.45) is 13.8. The predicted octanol–water partition coefficient (Wildman–Crippen LogP) is 6.41. The maximum atomic E-state index is 4.59. The Kier molecular flexibility index (Phi) is 13.3. The molecule has 0 aromatic heterocycles. The van der Waals surface area contributed by atoms with Gasteiger partial charge in [-0.25, -0.2) is 0 Å². The van der Waals surface area contributed by atoms with Gasteiger partial charge in [-0.2, -0.15) is 0 Å². The summed E-state index contributed by atoms with van der Waals surface area (Å²) < 4.78 is 0. The molecule has 1 nitrogen and oxygen atoms in total. The third-order valence-electron chi connectivity index (χ3n) is 4.47. The van der Waals surface area contributed by atoms with Crippen molar-refractivity contribution < 1.29 is 0 Å². The Balaban J connectivity index is 3.69. The van der Waals surface area contributed by atoms with Gasteiger partial charge in [0.15, 0.2) is 0 Å². The van der Waals surface area contributed by atoms with Gasteiger partial charge in [0.05, 0.1) is 8.07 Å². The van der Waals surface area contributed by atoms with Gasteiger partial charge in [0.25, 0.3) is 0 Å². The monoisotopic (exact) mass is 295 g/mol. The summed E-state index contributed by atoms with van der Waals surface area (Å²) in [6.45, 7) is 10.2. The normalized spacial score (nSPS) is 12.8. The minimum atomic E-state index is -1.11.